The van der Waals surface area contributed by atoms with E-state index in [4.69, 9.17) is 10.5 Å². The average molecular weight is 283 g/mol. The lowest BCUT2D eigenvalue weighted by molar-refractivity contribution is 0.335. The van der Waals surface area contributed by atoms with Crippen molar-refractivity contribution >= 4 is 0 Å². The molecule has 0 radical (unpaired) electrons. The second kappa shape index (κ2) is 7.28. The lowest BCUT2D eigenvalue weighted by atomic mass is 9.88. The Morgan fingerprint density at radius 3 is 2.57 bits per heavy atom. The SMILES string of the molecule is CCOc1ccccc1CC(CN)c1cc(C)ccc1C. The van der Waals surface area contributed by atoms with Gasteiger partial charge in [-0.25, -0.2) is 0 Å². The van der Waals surface area contributed by atoms with Gasteiger partial charge in [0, 0.05) is 5.92 Å². The molecule has 1 unspecified atom stereocenters. The number of aryl methyl sites for hydroxylation is 2. The third kappa shape index (κ3) is 3.85. The van der Waals surface area contributed by atoms with Crippen LogP contribution in [0.25, 0.3) is 0 Å². The van der Waals surface area contributed by atoms with Crippen LogP contribution in [0.3, 0.4) is 0 Å². The summed E-state index contributed by atoms with van der Waals surface area (Å²) in [6, 6.07) is 14.9. The number of benzene rings is 2. The molecule has 2 aromatic carbocycles. The van der Waals surface area contributed by atoms with Gasteiger partial charge in [0.15, 0.2) is 0 Å². The molecule has 0 aromatic heterocycles. The molecule has 0 amide bonds. The summed E-state index contributed by atoms with van der Waals surface area (Å²) in [5.74, 6) is 1.30. The Morgan fingerprint density at radius 1 is 1.10 bits per heavy atom. The van der Waals surface area contributed by atoms with Crippen LogP contribution >= 0.6 is 0 Å². The monoisotopic (exact) mass is 283 g/mol. The Bertz CT molecular complexity index is 592. The fourth-order valence-electron chi connectivity index (χ4n) is 2.75. The van der Waals surface area contributed by atoms with Crippen LogP contribution in [-0.4, -0.2) is 13.2 Å². The van der Waals surface area contributed by atoms with Crippen LogP contribution in [0.4, 0.5) is 0 Å². The Balaban J connectivity index is 2.29. The van der Waals surface area contributed by atoms with E-state index >= 15 is 0 Å². The molecule has 2 heteroatoms. The molecule has 0 saturated heterocycles. The highest BCUT2D eigenvalue weighted by Crippen LogP contribution is 2.28. The van der Waals surface area contributed by atoms with Crippen molar-refractivity contribution in [3.63, 3.8) is 0 Å². The summed E-state index contributed by atoms with van der Waals surface area (Å²) in [5, 5.41) is 0. The Kier molecular flexibility index (Phi) is 5.40. The van der Waals surface area contributed by atoms with E-state index in [1.807, 2.05) is 19.1 Å². The summed E-state index contributed by atoms with van der Waals surface area (Å²) in [6.07, 6.45) is 0.914. The molecular formula is C19H25NO. The summed E-state index contributed by atoms with van der Waals surface area (Å²) in [5.41, 5.74) is 11.2. The van der Waals surface area contributed by atoms with Crippen LogP contribution in [0.1, 0.15) is 35.1 Å². The van der Waals surface area contributed by atoms with Gasteiger partial charge in [0.2, 0.25) is 0 Å². The molecule has 0 aliphatic carbocycles. The van der Waals surface area contributed by atoms with Crippen LogP contribution in [0, 0.1) is 13.8 Å². The molecule has 0 spiro atoms. The molecule has 2 aromatic rings. The smallest absolute Gasteiger partial charge is 0.122 e. The average Bonchev–Trinajstić information content (AvgIpc) is 2.49. The zero-order valence-electron chi connectivity index (χ0n) is 13.2. The third-order valence-corrected chi connectivity index (χ3v) is 3.90. The fourth-order valence-corrected chi connectivity index (χ4v) is 2.75. The molecule has 0 bridgehead atoms. The molecule has 2 nitrogen and oxygen atoms in total. The van der Waals surface area contributed by atoms with Crippen molar-refractivity contribution in [1.82, 2.24) is 0 Å². The molecule has 0 heterocycles. The van der Waals surface area contributed by atoms with Gasteiger partial charge < -0.3 is 10.5 Å². The lowest BCUT2D eigenvalue weighted by Gasteiger charge is -2.20. The fraction of sp³-hybridized carbons (Fsp3) is 0.368. The highest BCUT2D eigenvalue weighted by Gasteiger charge is 2.15. The van der Waals surface area contributed by atoms with Crippen molar-refractivity contribution in [3.05, 3.63) is 64.7 Å². The van der Waals surface area contributed by atoms with Gasteiger partial charge >= 0.3 is 0 Å². The molecule has 0 aliphatic heterocycles. The largest absolute Gasteiger partial charge is 0.494 e. The van der Waals surface area contributed by atoms with Gasteiger partial charge in [-0.3, -0.25) is 0 Å². The predicted molar refractivity (Wildman–Crippen MR) is 89.0 cm³/mol. The van der Waals surface area contributed by atoms with Crippen molar-refractivity contribution < 1.29 is 4.74 Å². The van der Waals surface area contributed by atoms with Gasteiger partial charge in [0.1, 0.15) is 5.75 Å². The minimum Gasteiger partial charge on any atom is -0.494 e. The number of rotatable bonds is 6. The molecule has 21 heavy (non-hydrogen) atoms. The lowest BCUT2D eigenvalue weighted by Crippen LogP contribution is -2.16. The minimum absolute atomic E-state index is 0.325. The summed E-state index contributed by atoms with van der Waals surface area (Å²) in [7, 11) is 0. The van der Waals surface area contributed by atoms with Gasteiger partial charge in [0.05, 0.1) is 6.61 Å². The van der Waals surface area contributed by atoms with E-state index < -0.39 is 0 Å². The van der Waals surface area contributed by atoms with Crippen LogP contribution < -0.4 is 10.5 Å². The van der Waals surface area contributed by atoms with Crippen LogP contribution in [-0.2, 0) is 6.42 Å². The maximum atomic E-state index is 6.05. The number of nitrogens with two attached hydrogens (primary N) is 1. The van der Waals surface area contributed by atoms with E-state index in [2.05, 4.69) is 44.2 Å². The standard InChI is InChI=1S/C19H25NO/c1-4-21-19-8-6-5-7-16(19)12-17(13-20)18-11-14(2)9-10-15(18)3/h5-11,17H,4,12-13,20H2,1-3H3. The zero-order valence-corrected chi connectivity index (χ0v) is 13.2. The van der Waals surface area contributed by atoms with Crippen LogP contribution in [0.15, 0.2) is 42.5 Å². The summed E-state index contributed by atoms with van der Waals surface area (Å²) in [6.45, 7) is 7.64. The van der Waals surface area contributed by atoms with E-state index in [9.17, 15) is 0 Å². The number of hydrogen-bond donors (Lipinski definition) is 1. The Labute approximate surface area is 127 Å². The molecular weight excluding hydrogens is 258 g/mol. The first-order valence-corrected chi connectivity index (χ1v) is 7.63. The quantitative estimate of drug-likeness (QED) is 0.870. The maximum absolute atomic E-state index is 6.05. The van der Waals surface area contributed by atoms with Gasteiger partial charge in [0.25, 0.3) is 0 Å². The van der Waals surface area contributed by atoms with Gasteiger partial charge in [-0.2, -0.15) is 0 Å². The third-order valence-electron chi connectivity index (χ3n) is 3.90. The second-order valence-electron chi connectivity index (χ2n) is 5.54. The van der Waals surface area contributed by atoms with Gasteiger partial charge in [-0.1, -0.05) is 42.0 Å². The topological polar surface area (TPSA) is 35.2 Å². The zero-order chi connectivity index (χ0) is 15.2. The van der Waals surface area contributed by atoms with Crippen molar-refractivity contribution in [2.45, 2.75) is 33.1 Å². The van der Waals surface area contributed by atoms with E-state index in [0.717, 1.165) is 12.2 Å². The second-order valence-corrected chi connectivity index (χ2v) is 5.54. The van der Waals surface area contributed by atoms with Crippen LogP contribution in [0.5, 0.6) is 5.75 Å². The first-order valence-electron chi connectivity index (χ1n) is 7.63. The Hall–Kier alpha value is -1.80. The summed E-state index contributed by atoms with van der Waals surface area (Å²) < 4.78 is 5.73. The number of ether oxygens (including phenoxy) is 1. The number of para-hydroxylation sites is 1. The van der Waals surface area contributed by atoms with Crippen LogP contribution in [0.2, 0.25) is 0 Å². The summed E-state index contributed by atoms with van der Waals surface area (Å²) >= 11 is 0. The van der Waals surface area contributed by atoms with Gasteiger partial charge in [-0.15, -0.1) is 0 Å². The molecule has 0 fully saturated rings. The first kappa shape index (κ1) is 15.6. The number of hydrogen-bond acceptors (Lipinski definition) is 2. The van der Waals surface area contributed by atoms with Crippen molar-refractivity contribution in [2.75, 3.05) is 13.2 Å². The highest BCUT2D eigenvalue weighted by atomic mass is 16.5. The first-order chi connectivity index (χ1) is 10.2. The predicted octanol–water partition coefficient (Wildman–Crippen LogP) is 3.99. The molecule has 0 saturated carbocycles. The van der Waals surface area contributed by atoms with Gasteiger partial charge in [-0.05, 0) is 56.5 Å². The molecule has 2 rings (SSSR count). The molecule has 1 atom stereocenters. The normalized spacial score (nSPS) is 12.2. The Morgan fingerprint density at radius 2 is 1.86 bits per heavy atom. The molecule has 2 N–H and O–H groups in total. The van der Waals surface area contributed by atoms with Crippen molar-refractivity contribution in [3.8, 4) is 5.75 Å². The molecule has 0 aliphatic rings. The molecule has 112 valence electrons. The highest BCUT2D eigenvalue weighted by molar-refractivity contribution is 5.38. The van der Waals surface area contributed by atoms with Crippen molar-refractivity contribution in [2.24, 2.45) is 5.73 Å². The summed E-state index contributed by atoms with van der Waals surface area (Å²) in [4.78, 5) is 0. The van der Waals surface area contributed by atoms with Crippen molar-refractivity contribution in [1.29, 1.82) is 0 Å². The van der Waals surface area contributed by atoms with E-state index in [1.165, 1.54) is 22.3 Å². The maximum Gasteiger partial charge on any atom is 0.122 e. The van der Waals surface area contributed by atoms with E-state index in [0.29, 0.717) is 19.1 Å². The van der Waals surface area contributed by atoms with E-state index in [-0.39, 0.29) is 0 Å². The minimum atomic E-state index is 0.325. The van der Waals surface area contributed by atoms with E-state index in [1.54, 1.807) is 0 Å².